The third-order valence-corrected chi connectivity index (χ3v) is 4.25. The maximum Gasteiger partial charge on any atom is 0.119 e. The van der Waals surface area contributed by atoms with Crippen LogP contribution in [0.5, 0.6) is 5.75 Å². The van der Waals surface area contributed by atoms with Crippen molar-refractivity contribution >= 4 is 11.6 Å². The van der Waals surface area contributed by atoms with Crippen molar-refractivity contribution in [2.45, 2.75) is 12.8 Å². The zero-order valence-electron chi connectivity index (χ0n) is 14.4. The van der Waals surface area contributed by atoms with Gasteiger partial charge in [-0.05, 0) is 55.3 Å². The molecule has 0 N–H and O–H groups in total. The SMILES string of the molecule is COCCCc1cc(-c2ccc(Cl)cc2)n(-c2ccc(OC)cc2)n1. The topological polar surface area (TPSA) is 36.3 Å². The van der Waals surface area contributed by atoms with Crippen LogP contribution in [0.1, 0.15) is 12.1 Å². The summed E-state index contributed by atoms with van der Waals surface area (Å²) in [6.07, 6.45) is 1.81. The van der Waals surface area contributed by atoms with Gasteiger partial charge in [-0.3, -0.25) is 0 Å². The van der Waals surface area contributed by atoms with E-state index in [-0.39, 0.29) is 0 Å². The second-order valence-electron chi connectivity index (χ2n) is 5.73. The summed E-state index contributed by atoms with van der Waals surface area (Å²) in [5, 5.41) is 5.52. The van der Waals surface area contributed by atoms with Crippen LogP contribution < -0.4 is 4.74 Å². The number of halogens is 1. The highest BCUT2D eigenvalue weighted by Gasteiger charge is 2.12. The maximum atomic E-state index is 6.03. The van der Waals surface area contributed by atoms with Gasteiger partial charge in [0.1, 0.15) is 5.75 Å². The predicted molar refractivity (Wildman–Crippen MR) is 101 cm³/mol. The van der Waals surface area contributed by atoms with E-state index in [1.165, 1.54) is 0 Å². The number of aromatic nitrogens is 2. The summed E-state index contributed by atoms with van der Waals surface area (Å²) in [5.41, 5.74) is 4.14. The number of rotatable bonds is 7. The molecule has 0 amide bonds. The third kappa shape index (κ3) is 4.21. The molecule has 0 spiro atoms. The lowest BCUT2D eigenvalue weighted by Crippen LogP contribution is -2.00. The normalized spacial score (nSPS) is 10.8. The first-order valence-electron chi connectivity index (χ1n) is 8.19. The Kier molecular flexibility index (Phi) is 5.74. The summed E-state index contributed by atoms with van der Waals surface area (Å²) in [4.78, 5) is 0. The van der Waals surface area contributed by atoms with Gasteiger partial charge in [0.15, 0.2) is 0 Å². The van der Waals surface area contributed by atoms with E-state index in [1.807, 2.05) is 53.2 Å². The van der Waals surface area contributed by atoms with E-state index >= 15 is 0 Å². The van der Waals surface area contributed by atoms with Gasteiger partial charge in [0, 0.05) is 24.3 Å². The molecule has 0 radical (unpaired) electrons. The Morgan fingerprint density at radius 3 is 2.36 bits per heavy atom. The monoisotopic (exact) mass is 356 g/mol. The lowest BCUT2D eigenvalue weighted by molar-refractivity contribution is 0.195. The van der Waals surface area contributed by atoms with Gasteiger partial charge in [-0.1, -0.05) is 23.7 Å². The summed E-state index contributed by atoms with van der Waals surface area (Å²) >= 11 is 6.03. The van der Waals surface area contributed by atoms with Gasteiger partial charge in [0.05, 0.1) is 24.2 Å². The Bertz CT molecular complexity index is 811. The first-order valence-corrected chi connectivity index (χ1v) is 8.57. The number of nitrogens with zero attached hydrogens (tertiary/aromatic N) is 2. The molecule has 130 valence electrons. The number of hydrogen-bond donors (Lipinski definition) is 0. The number of aryl methyl sites for hydroxylation is 1. The van der Waals surface area contributed by atoms with Gasteiger partial charge >= 0.3 is 0 Å². The lowest BCUT2D eigenvalue weighted by atomic mass is 10.1. The van der Waals surface area contributed by atoms with Crippen molar-refractivity contribution in [3.8, 4) is 22.7 Å². The van der Waals surface area contributed by atoms with E-state index in [4.69, 9.17) is 26.2 Å². The van der Waals surface area contributed by atoms with Crippen molar-refractivity contribution in [1.82, 2.24) is 9.78 Å². The van der Waals surface area contributed by atoms with Gasteiger partial charge in [-0.2, -0.15) is 5.10 Å². The minimum atomic E-state index is 0.722. The molecular formula is C20H21ClN2O2. The minimum absolute atomic E-state index is 0.722. The molecule has 25 heavy (non-hydrogen) atoms. The molecule has 3 aromatic rings. The molecule has 0 saturated carbocycles. The van der Waals surface area contributed by atoms with Crippen LogP contribution >= 0.6 is 11.6 Å². The summed E-state index contributed by atoms with van der Waals surface area (Å²) in [6.45, 7) is 0.728. The minimum Gasteiger partial charge on any atom is -0.497 e. The second-order valence-corrected chi connectivity index (χ2v) is 6.17. The summed E-state index contributed by atoms with van der Waals surface area (Å²) in [7, 11) is 3.38. The number of methoxy groups -OCH3 is 2. The zero-order chi connectivity index (χ0) is 17.6. The van der Waals surface area contributed by atoms with Crippen LogP contribution in [0.15, 0.2) is 54.6 Å². The molecule has 2 aromatic carbocycles. The van der Waals surface area contributed by atoms with Gasteiger partial charge in [0.2, 0.25) is 0 Å². The Hall–Kier alpha value is -2.30. The third-order valence-electron chi connectivity index (χ3n) is 4.00. The molecule has 0 saturated heterocycles. The van der Waals surface area contributed by atoms with Crippen molar-refractivity contribution in [2.24, 2.45) is 0 Å². The summed E-state index contributed by atoms with van der Waals surface area (Å²) < 4.78 is 12.4. The van der Waals surface area contributed by atoms with E-state index in [2.05, 4.69) is 6.07 Å². The van der Waals surface area contributed by atoms with Crippen molar-refractivity contribution in [3.63, 3.8) is 0 Å². The van der Waals surface area contributed by atoms with E-state index in [1.54, 1.807) is 14.2 Å². The molecule has 1 aromatic heterocycles. The van der Waals surface area contributed by atoms with Crippen LogP contribution in [-0.2, 0) is 11.2 Å². The standard InChI is InChI=1S/C20H21ClN2O2/c1-24-13-3-4-17-14-20(15-5-7-16(21)8-6-15)23(22-17)18-9-11-19(25-2)12-10-18/h5-12,14H,3-4,13H2,1-2H3. The van der Waals surface area contributed by atoms with E-state index in [0.29, 0.717) is 0 Å². The van der Waals surface area contributed by atoms with Crippen molar-refractivity contribution in [1.29, 1.82) is 0 Å². The average Bonchev–Trinajstić information content (AvgIpc) is 3.07. The molecule has 0 unspecified atom stereocenters. The van der Waals surface area contributed by atoms with Crippen molar-refractivity contribution in [2.75, 3.05) is 20.8 Å². The van der Waals surface area contributed by atoms with Crippen LogP contribution in [0.25, 0.3) is 16.9 Å². The fourth-order valence-corrected chi connectivity index (χ4v) is 2.82. The van der Waals surface area contributed by atoms with Gasteiger partial charge in [0.25, 0.3) is 0 Å². The molecule has 3 rings (SSSR count). The molecular weight excluding hydrogens is 336 g/mol. The zero-order valence-corrected chi connectivity index (χ0v) is 15.2. The average molecular weight is 357 g/mol. The molecule has 0 bridgehead atoms. The molecule has 0 aliphatic rings. The smallest absolute Gasteiger partial charge is 0.119 e. The highest BCUT2D eigenvalue weighted by atomic mass is 35.5. The first kappa shape index (κ1) is 17.5. The van der Waals surface area contributed by atoms with Crippen molar-refractivity contribution < 1.29 is 9.47 Å². The van der Waals surface area contributed by atoms with Gasteiger partial charge in [-0.15, -0.1) is 0 Å². The van der Waals surface area contributed by atoms with Crippen LogP contribution in [0.2, 0.25) is 5.02 Å². The number of benzene rings is 2. The molecule has 0 fully saturated rings. The predicted octanol–water partition coefficient (Wildman–Crippen LogP) is 4.78. The van der Waals surface area contributed by atoms with E-state index < -0.39 is 0 Å². The fourth-order valence-electron chi connectivity index (χ4n) is 2.70. The van der Waals surface area contributed by atoms with Gasteiger partial charge < -0.3 is 9.47 Å². The molecule has 4 nitrogen and oxygen atoms in total. The fraction of sp³-hybridized carbons (Fsp3) is 0.250. The van der Waals surface area contributed by atoms with Crippen LogP contribution in [-0.4, -0.2) is 30.6 Å². The van der Waals surface area contributed by atoms with Crippen LogP contribution in [0.3, 0.4) is 0 Å². The maximum absolute atomic E-state index is 6.03. The highest BCUT2D eigenvalue weighted by molar-refractivity contribution is 6.30. The molecule has 0 atom stereocenters. The summed E-state index contributed by atoms with van der Waals surface area (Å²) in [6, 6.07) is 17.8. The molecule has 0 aliphatic heterocycles. The first-order chi connectivity index (χ1) is 12.2. The Morgan fingerprint density at radius 2 is 1.72 bits per heavy atom. The van der Waals surface area contributed by atoms with E-state index in [9.17, 15) is 0 Å². The molecule has 5 heteroatoms. The molecule has 0 aliphatic carbocycles. The van der Waals surface area contributed by atoms with E-state index in [0.717, 1.165) is 52.9 Å². The van der Waals surface area contributed by atoms with Gasteiger partial charge in [-0.25, -0.2) is 4.68 Å². The largest absolute Gasteiger partial charge is 0.497 e. The van der Waals surface area contributed by atoms with Crippen LogP contribution in [0, 0.1) is 0 Å². The molecule has 1 heterocycles. The Balaban J connectivity index is 1.99. The Morgan fingerprint density at radius 1 is 1.00 bits per heavy atom. The highest BCUT2D eigenvalue weighted by Crippen LogP contribution is 2.26. The quantitative estimate of drug-likeness (QED) is 0.571. The lowest BCUT2D eigenvalue weighted by Gasteiger charge is -2.08. The van der Waals surface area contributed by atoms with Crippen molar-refractivity contribution in [3.05, 3.63) is 65.3 Å². The number of ether oxygens (including phenoxy) is 2. The van der Waals surface area contributed by atoms with Crippen LogP contribution in [0.4, 0.5) is 0 Å². The Labute approximate surface area is 153 Å². The number of hydrogen-bond acceptors (Lipinski definition) is 3. The summed E-state index contributed by atoms with van der Waals surface area (Å²) in [5.74, 6) is 0.823. The second kappa shape index (κ2) is 8.19.